The molecule has 0 aliphatic carbocycles. The van der Waals surface area contributed by atoms with Gasteiger partial charge in [-0.1, -0.05) is 48.5 Å². The van der Waals surface area contributed by atoms with Gasteiger partial charge in [0.25, 0.3) is 0 Å². The summed E-state index contributed by atoms with van der Waals surface area (Å²) in [6.07, 6.45) is 5.23. The third-order valence-electron chi connectivity index (χ3n) is 7.51. The number of ketones is 1. The normalized spacial score (nSPS) is 20.9. The molecule has 0 unspecified atom stereocenters. The van der Waals surface area contributed by atoms with Gasteiger partial charge in [-0.05, 0) is 60.3 Å². The second-order valence-electron chi connectivity index (χ2n) is 10.0. The van der Waals surface area contributed by atoms with Crippen LogP contribution >= 0.6 is 0 Å². The predicted octanol–water partition coefficient (Wildman–Crippen LogP) is 5.80. The number of piperidine rings is 1. The summed E-state index contributed by atoms with van der Waals surface area (Å²) in [5.41, 5.74) is 4.67. The summed E-state index contributed by atoms with van der Waals surface area (Å²) < 4.78 is 2.51. The standard InChI is InChI=1S/C24H39N3OSi/c1-15(2)29(16(3)4,17(5)6)27-12-10-20-22(19(8)13-26-24(20)27)23(28)21-14-25-11-9-18(21)7/h10,12-13,15-18,21,25H,9,11,14H2,1-8H3/t18-,21+/m0/s1. The van der Waals surface area contributed by atoms with E-state index in [1.165, 1.54) is 0 Å². The molecule has 2 aromatic rings. The monoisotopic (exact) mass is 413 g/mol. The Morgan fingerprint density at radius 3 is 2.34 bits per heavy atom. The number of pyridine rings is 1. The fourth-order valence-electron chi connectivity index (χ4n) is 6.19. The molecule has 5 heteroatoms. The van der Waals surface area contributed by atoms with Gasteiger partial charge < -0.3 is 9.55 Å². The Morgan fingerprint density at radius 2 is 1.79 bits per heavy atom. The number of carbonyl (C=O) groups excluding carboxylic acids is 1. The molecule has 1 aliphatic rings. The summed E-state index contributed by atoms with van der Waals surface area (Å²) in [5, 5.41) is 4.47. The zero-order chi connectivity index (χ0) is 21.5. The lowest BCUT2D eigenvalue weighted by Gasteiger charge is -2.44. The Morgan fingerprint density at radius 1 is 1.17 bits per heavy atom. The van der Waals surface area contributed by atoms with Gasteiger partial charge in [-0.25, -0.2) is 4.98 Å². The first-order valence-corrected chi connectivity index (χ1v) is 13.5. The molecular weight excluding hydrogens is 374 g/mol. The van der Waals surface area contributed by atoms with Gasteiger partial charge in [0, 0.05) is 29.6 Å². The summed E-state index contributed by atoms with van der Waals surface area (Å²) in [6.45, 7) is 20.3. The van der Waals surface area contributed by atoms with Crippen molar-refractivity contribution in [2.45, 2.75) is 78.4 Å². The first kappa shape index (κ1) is 22.2. The van der Waals surface area contributed by atoms with Crippen molar-refractivity contribution in [2.24, 2.45) is 11.8 Å². The zero-order valence-electron chi connectivity index (χ0n) is 19.5. The molecule has 0 saturated carbocycles. The topological polar surface area (TPSA) is 46.9 Å². The number of carbonyl (C=O) groups is 1. The minimum absolute atomic E-state index is 0.0544. The summed E-state index contributed by atoms with van der Waals surface area (Å²) in [6, 6.07) is 2.17. The molecule has 2 atom stereocenters. The van der Waals surface area contributed by atoms with Gasteiger partial charge in [-0.2, -0.15) is 0 Å². The number of rotatable bonds is 6. The molecule has 160 valence electrons. The summed E-state index contributed by atoms with van der Waals surface area (Å²) in [7, 11) is -1.91. The molecule has 1 N–H and O–H groups in total. The van der Waals surface area contributed by atoms with Crippen LogP contribution in [0.5, 0.6) is 0 Å². The van der Waals surface area contributed by atoms with Crippen LogP contribution in [0.1, 0.15) is 70.8 Å². The van der Waals surface area contributed by atoms with Crippen molar-refractivity contribution >= 4 is 25.1 Å². The molecule has 0 radical (unpaired) electrons. The van der Waals surface area contributed by atoms with E-state index in [9.17, 15) is 4.79 Å². The Balaban J connectivity index is 2.20. The highest BCUT2D eigenvalue weighted by Crippen LogP contribution is 2.44. The third-order valence-corrected chi connectivity index (χ3v) is 14.3. The number of hydrogen-bond acceptors (Lipinski definition) is 3. The number of hydrogen-bond donors (Lipinski definition) is 1. The maximum absolute atomic E-state index is 13.6. The van der Waals surface area contributed by atoms with Crippen LogP contribution in [0.3, 0.4) is 0 Å². The fourth-order valence-corrected chi connectivity index (χ4v) is 12.7. The molecule has 3 rings (SSSR count). The van der Waals surface area contributed by atoms with E-state index in [4.69, 9.17) is 4.98 Å². The van der Waals surface area contributed by atoms with Crippen molar-refractivity contribution in [1.82, 2.24) is 14.5 Å². The maximum Gasteiger partial charge on any atom is 0.171 e. The van der Waals surface area contributed by atoms with Crippen molar-refractivity contribution < 1.29 is 4.79 Å². The van der Waals surface area contributed by atoms with Gasteiger partial charge in [0.2, 0.25) is 0 Å². The highest BCUT2D eigenvalue weighted by Gasteiger charge is 2.46. The third kappa shape index (κ3) is 3.50. The van der Waals surface area contributed by atoms with Crippen molar-refractivity contribution in [1.29, 1.82) is 0 Å². The second kappa shape index (κ2) is 8.35. The number of nitrogens with one attached hydrogen (secondary N) is 1. The maximum atomic E-state index is 13.6. The van der Waals surface area contributed by atoms with Crippen LogP contribution in [0.15, 0.2) is 18.5 Å². The van der Waals surface area contributed by atoms with Crippen LogP contribution in [0, 0.1) is 18.8 Å². The quantitative estimate of drug-likeness (QED) is 0.481. The minimum atomic E-state index is -1.91. The average molecular weight is 414 g/mol. The Labute approximate surface area is 177 Å². The van der Waals surface area contributed by atoms with Crippen molar-refractivity contribution in [3.05, 3.63) is 29.6 Å². The van der Waals surface area contributed by atoms with E-state index in [0.29, 0.717) is 28.3 Å². The molecule has 0 bridgehead atoms. The summed E-state index contributed by atoms with van der Waals surface area (Å²) >= 11 is 0. The second-order valence-corrected chi connectivity index (χ2v) is 15.8. The molecule has 0 spiro atoms. The van der Waals surface area contributed by atoms with Gasteiger partial charge in [-0.15, -0.1) is 0 Å². The Kier molecular flexibility index (Phi) is 6.40. The average Bonchev–Trinajstić information content (AvgIpc) is 3.05. The number of nitrogens with zero attached hydrogens (tertiary/aromatic N) is 2. The van der Waals surface area contributed by atoms with Crippen LogP contribution in [0.2, 0.25) is 16.6 Å². The van der Waals surface area contributed by atoms with Gasteiger partial charge in [0.15, 0.2) is 14.0 Å². The van der Waals surface area contributed by atoms with E-state index >= 15 is 0 Å². The van der Waals surface area contributed by atoms with Crippen molar-refractivity contribution in [2.75, 3.05) is 13.1 Å². The minimum Gasteiger partial charge on any atom is -0.359 e. The Hall–Kier alpha value is -1.46. The van der Waals surface area contributed by atoms with Gasteiger partial charge >= 0.3 is 0 Å². The first-order chi connectivity index (χ1) is 13.6. The van der Waals surface area contributed by atoms with Crippen LogP contribution < -0.4 is 5.32 Å². The Bertz CT molecular complexity index is 862. The molecule has 4 nitrogen and oxygen atoms in total. The molecule has 1 aliphatic heterocycles. The highest BCUT2D eigenvalue weighted by molar-refractivity contribution is 6.82. The van der Waals surface area contributed by atoms with E-state index in [2.05, 4.69) is 70.3 Å². The summed E-state index contributed by atoms with van der Waals surface area (Å²) in [4.78, 5) is 18.5. The van der Waals surface area contributed by atoms with E-state index in [1.807, 2.05) is 13.1 Å². The molecule has 3 heterocycles. The van der Waals surface area contributed by atoms with Crippen LogP contribution in [-0.4, -0.2) is 36.3 Å². The smallest absolute Gasteiger partial charge is 0.171 e. The van der Waals surface area contributed by atoms with E-state index in [1.54, 1.807) is 0 Å². The number of aromatic nitrogens is 2. The van der Waals surface area contributed by atoms with E-state index in [0.717, 1.165) is 41.7 Å². The van der Waals surface area contributed by atoms with Gasteiger partial charge in [0.05, 0.1) is 0 Å². The lowest BCUT2D eigenvalue weighted by atomic mass is 9.81. The first-order valence-electron chi connectivity index (χ1n) is 11.4. The zero-order valence-corrected chi connectivity index (χ0v) is 20.5. The lowest BCUT2D eigenvalue weighted by Crippen LogP contribution is -2.51. The molecule has 29 heavy (non-hydrogen) atoms. The lowest BCUT2D eigenvalue weighted by molar-refractivity contribution is 0.0854. The highest BCUT2D eigenvalue weighted by atomic mass is 28.3. The number of Topliss-reactive ketones (excluding diaryl/α,β-unsaturated/α-hetero) is 1. The van der Waals surface area contributed by atoms with Crippen LogP contribution in [0.25, 0.3) is 11.0 Å². The molecule has 0 amide bonds. The summed E-state index contributed by atoms with van der Waals surface area (Å²) in [5.74, 6) is 0.765. The molecular formula is C24H39N3OSi. The van der Waals surface area contributed by atoms with E-state index < -0.39 is 8.24 Å². The molecule has 1 fully saturated rings. The molecule has 2 aromatic heterocycles. The van der Waals surface area contributed by atoms with Gasteiger partial charge in [0.1, 0.15) is 5.65 Å². The SMILES string of the molecule is Cc1cnc2c(ccn2[Si](C(C)C)(C(C)C)C(C)C)c1C(=O)[C@@H]1CNCC[C@@H]1C. The fraction of sp³-hybridized carbons (Fsp3) is 0.667. The van der Waals surface area contributed by atoms with Crippen molar-refractivity contribution in [3.63, 3.8) is 0 Å². The van der Waals surface area contributed by atoms with Gasteiger partial charge in [-0.3, -0.25) is 4.79 Å². The predicted molar refractivity (Wildman–Crippen MR) is 125 cm³/mol. The van der Waals surface area contributed by atoms with Crippen LogP contribution in [0.4, 0.5) is 0 Å². The number of fused-ring (bicyclic) bond motifs is 1. The van der Waals surface area contributed by atoms with Crippen LogP contribution in [-0.2, 0) is 0 Å². The largest absolute Gasteiger partial charge is 0.359 e. The van der Waals surface area contributed by atoms with Crippen molar-refractivity contribution in [3.8, 4) is 0 Å². The van der Waals surface area contributed by atoms with E-state index in [-0.39, 0.29) is 5.92 Å². The molecule has 0 aromatic carbocycles. The molecule has 1 saturated heterocycles. The number of aryl methyl sites for hydroxylation is 1.